The zero-order chi connectivity index (χ0) is 41.8. The lowest BCUT2D eigenvalue weighted by Crippen LogP contribution is -2.65. The van der Waals surface area contributed by atoms with E-state index in [9.17, 15) is 45.6 Å². The standard InChI is InChI=1S/C43H79NO13/c1-3-5-7-9-11-12-13-14-15-16-17-18-19-20-21-23-25-27-35(48)44-31(32(47)26-24-22-10-8-6-4-2)30-54-42-40(53)38(51)41(34(29-46)56-42)57-43-39(52)37(50)36(49)33(28-45)55-43/h14-15,24,26,31-34,36-43,45-47,49-53H,3-13,16-23,25,27-30H2,1-2H3,(H,44,48)/b15-14-,26-24+. The number of rotatable bonds is 32. The zero-order valence-electron chi connectivity index (χ0n) is 34.8. The maximum absolute atomic E-state index is 13.0. The minimum absolute atomic E-state index is 0.252. The second-order valence-electron chi connectivity index (χ2n) is 15.8. The van der Waals surface area contributed by atoms with Crippen molar-refractivity contribution in [1.82, 2.24) is 5.32 Å². The Balaban J connectivity index is 1.83. The van der Waals surface area contributed by atoms with Crippen molar-refractivity contribution in [2.24, 2.45) is 0 Å². The summed E-state index contributed by atoms with van der Waals surface area (Å²) in [5.41, 5.74) is 0. The molecule has 12 atom stereocenters. The van der Waals surface area contributed by atoms with Crippen LogP contribution in [0.5, 0.6) is 0 Å². The SMILES string of the molecule is CCCCCC/C=C/C(O)C(COC1OC(CO)C(OC2OC(CO)C(O)C(O)C2O)C(O)C1O)NC(=O)CCCCCCCCC/C=C\CCCCCCCC. The van der Waals surface area contributed by atoms with Crippen LogP contribution in [0.2, 0.25) is 0 Å². The first-order chi connectivity index (χ1) is 27.6. The van der Waals surface area contributed by atoms with Gasteiger partial charge in [0.05, 0.1) is 32.0 Å². The van der Waals surface area contributed by atoms with Crippen LogP contribution in [0.25, 0.3) is 0 Å². The number of hydrogen-bond donors (Lipinski definition) is 9. The first kappa shape index (κ1) is 51.6. The minimum Gasteiger partial charge on any atom is -0.394 e. The average Bonchev–Trinajstić information content (AvgIpc) is 3.21. The van der Waals surface area contributed by atoms with Gasteiger partial charge in [0.15, 0.2) is 12.6 Å². The molecule has 0 aromatic rings. The molecule has 0 aromatic carbocycles. The van der Waals surface area contributed by atoms with E-state index in [1.807, 2.05) is 6.08 Å². The lowest BCUT2D eigenvalue weighted by Gasteiger charge is -2.46. The van der Waals surface area contributed by atoms with E-state index in [4.69, 9.17) is 18.9 Å². The van der Waals surface area contributed by atoms with Crippen LogP contribution in [0.15, 0.2) is 24.3 Å². The summed E-state index contributed by atoms with van der Waals surface area (Å²) in [5.74, 6) is -0.252. The summed E-state index contributed by atoms with van der Waals surface area (Å²) in [7, 11) is 0. The third-order valence-electron chi connectivity index (χ3n) is 10.9. The monoisotopic (exact) mass is 818 g/mol. The smallest absolute Gasteiger partial charge is 0.220 e. The van der Waals surface area contributed by atoms with E-state index in [1.165, 1.54) is 64.2 Å². The molecule has 0 radical (unpaired) electrons. The molecule has 2 saturated heterocycles. The zero-order valence-corrected chi connectivity index (χ0v) is 34.8. The number of aliphatic hydroxyl groups is 8. The molecule has 0 saturated carbocycles. The molecule has 14 nitrogen and oxygen atoms in total. The van der Waals surface area contributed by atoms with E-state index in [2.05, 4.69) is 31.3 Å². The van der Waals surface area contributed by atoms with Gasteiger partial charge in [0.2, 0.25) is 5.91 Å². The summed E-state index contributed by atoms with van der Waals surface area (Å²) in [5, 5.41) is 86.0. The number of allylic oxidation sites excluding steroid dienone is 3. The van der Waals surface area contributed by atoms with Crippen molar-refractivity contribution in [2.75, 3.05) is 19.8 Å². The highest BCUT2D eigenvalue weighted by Gasteiger charge is 2.50. The molecule has 2 heterocycles. The third-order valence-corrected chi connectivity index (χ3v) is 10.9. The van der Waals surface area contributed by atoms with Crippen LogP contribution in [0.3, 0.4) is 0 Å². The summed E-state index contributed by atoms with van der Waals surface area (Å²) in [6.45, 7) is 2.66. The molecule has 2 fully saturated rings. The van der Waals surface area contributed by atoms with Gasteiger partial charge in [-0.2, -0.15) is 0 Å². The van der Waals surface area contributed by atoms with Crippen molar-refractivity contribution in [3.63, 3.8) is 0 Å². The summed E-state index contributed by atoms with van der Waals surface area (Å²) < 4.78 is 22.5. The van der Waals surface area contributed by atoms with E-state index in [1.54, 1.807) is 6.08 Å². The van der Waals surface area contributed by atoms with Crippen LogP contribution < -0.4 is 5.32 Å². The number of ether oxygens (including phenoxy) is 4. The van der Waals surface area contributed by atoms with Gasteiger partial charge in [-0.25, -0.2) is 0 Å². The van der Waals surface area contributed by atoms with Crippen LogP contribution in [0.1, 0.15) is 149 Å². The topological polar surface area (TPSA) is 228 Å². The molecule has 57 heavy (non-hydrogen) atoms. The van der Waals surface area contributed by atoms with Crippen LogP contribution in [0, 0.1) is 0 Å². The Labute approximate surface area is 341 Å². The maximum Gasteiger partial charge on any atom is 0.220 e. The highest BCUT2D eigenvalue weighted by molar-refractivity contribution is 5.76. The summed E-state index contributed by atoms with van der Waals surface area (Å²) in [6.07, 6.45) is 14.1. The largest absolute Gasteiger partial charge is 0.394 e. The molecule has 2 aliphatic heterocycles. The van der Waals surface area contributed by atoms with Crippen molar-refractivity contribution >= 4 is 5.91 Å². The molecule has 1 amide bonds. The number of nitrogens with one attached hydrogen (secondary N) is 1. The molecule has 12 unspecified atom stereocenters. The van der Waals surface area contributed by atoms with Gasteiger partial charge < -0.3 is 65.1 Å². The Morgan fingerprint density at radius 3 is 1.68 bits per heavy atom. The molecule has 0 aliphatic carbocycles. The number of carbonyl (C=O) groups is 1. The van der Waals surface area contributed by atoms with Crippen LogP contribution in [-0.4, -0.2) is 140 Å². The van der Waals surface area contributed by atoms with E-state index in [0.717, 1.165) is 57.8 Å². The van der Waals surface area contributed by atoms with Gasteiger partial charge in [0.25, 0.3) is 0 Å². The number of unbranched alkanes of at least 4 members (excludes halogenated alkanes) is 17. The fourth-order valence-electron chi connectivity index (χ4n) is 7.16. The fourth-order valence-corrected chi connectivity index (χ4v) is 7.16. The highest BCUT2D eigenvalue weighted by Crippen LogP contribution is 2.30. The Hall–Kier alpha value is -1.53. The minimum atomic E-state index is -1.78. The van der Waals surface area contributed by atoms with E-state index in [-0.39, 0.29) is 18.9 Å². The van der Waals surface area contributed by atoms with Crippen molar-refractivity contribution < 1.29 is 64.6 Å². The summed E-state index contributed by atoms with van der Waals surface area (Å²) >= 11 is 0. The first-order valence-corrected chi connectivity index (χ1v) is 22.1. The van der Waals surface area contributed by atoms with Gasteiger partial charge in [0.1, 0.15) is 48.8 Å². The van der Waals surface area contributed by atoms with Gasteiger partial charge in [-0.3, -0.25) is 4.79 Å². The number of amides is 1. The second-order valence-corrected chi connectivity index (χ2v) is 15.8. The lowest BCUT2D eigenvalue weighted by molar-refractivity contribution is -0.359. The van der Waals surface area contributed by atoms with E-state index in [0.29, 0.717) is 6.42 Å². The van der Waals surface area contributed by atoms with Crippen molar-refractivity contribution in [1.29, 1.82) is 0 Å². The van der Waals surface area contributed by atoms with Gasteiger partial charge in [-0.15, -0.1) is 0 Å². The lowest BCUT2D eigenvalue weighted by atomic mass is 9.97. The highest BCUT2D eigenvalue weighted by atomic mass is 16.7. The second kappa shape index (κ2) is 31.4. The van der Waals surface area contributed by atoms with Gasteiger partial charge in [-0.05, 0) is 44.9 Å². The number of hydrogen-bond acceptors (Lipinski definition) is 13. The quantitative estimate of drug-likeness (QED) is 0.0348. The molecule has 2 aliphatic rings. The molecule has 0 aromatic heterocycles. The van der Waals surface area contributed by atoms with Crippen LogP contribution in [0.4, 0.5) is 0 Å². The van der Waals surface area contributed by atoms with E-state index >= 15 is 0 Å². The summed E-state index contributed by atoms with van der Waals surface area (Å²) in [6, 6.07) is -0.909. The third kappa shape index (κ3) is 20.1. The first-order valence-electron chi connectivity index (χ1n) is 22.1. The van der Waals surface area contributed by atoms with Crippen molar-refractivity contribution in [2.45, 2.75) is 222 Å². The van der Waals surface area contributed by atoms with Crippen LogP contribution in [-0.2, 0) is 23.7 Å². The van der Waals surface area contributed by atoms with Crippen molar-refractivity contribution in [3.05, 3.63) is 24.3 Å². The molecule has 2 rings (SSSR count). The predicted molar refractivity (Wildman–Crippen MR) is 217 cm³/mol. The van der Waals surface area contributed by atoms with Crippen LogP contribution >= 0.6 is 0 Å². The molecular formula is C43H79NO13. The molecule has 0 bridgehead atoms. The summed E-state index contributed by atoms with van der Waals surface area (Å²) in [4.78, 5) is 13.0. The average molecular weight is 818 g/mol. The normalized spacial score (nSPS) is 29.3. The maximum atomic E-state index is 13.0. The van der Waals surface area contributed by atoms with Gasteiger partial charge in [0, 0.05) is 6.42 Å². The number of aliphatic hydroxyl groups excluding tert-OH is 8. The van der Waals surface area contributed by atoms with Gasteiger partial charge >= 0.3 is 0 Å². The fraction of sp³-hybridized carbons (Fsp3) is 0.884. The molecule has 14 heteroatoms. The Morgan fingerprint density at radius 2 is 1.11 bits per heavy atom. The molecule has 334 valence electrons. The van der Waals surface area contributed by atoms with Crippen molar-refractivity contribution in [3.8, 4) is 0 Å². The van der Waals surface area contributed by atoms with Gasteiger partial charge in [-0.1, -0.05) is 122 Å². The number of carbonyl (C=O) groups excluding carboxylic acids is 1. The Bertz CT molecular complexity index is 1060. The predicted octanol–water partition coefficient (Wildman–Crippen LogP) is 3.82. The van der Waals surface area contributed by atoms with E-state index < -0.39 is 86.8 Å². The molecule has 9 N–H and O–H groups in total. The molecule has 0 spiro atoms. The molecular weight excluding hydrogens is 738 g/mol. The Morgan fingerprint density at radius 1 is 0.614 bits per heavy atom. The Kier molecular flexibility index (Phi) is 28.4.